The highest BCUT2D eigenvalue weighted by Crippen LogP contribution is 2.41. The molecule has 3 aromatic rings. The first-order valence-corrected chi connectivity index (χ1v) is 10.7. The average Bonchev–Trinajstić information content (AvgIpc) is 3.13. The number of ether oxygens (including phenoxy) is 1. The first kappa shape index (κ1) is 20.3. The number of rotatable bonds is 6. The maximum absolute atomic E-state index is 11.4. The molecule has 1 fully saturated rings. The molecule has 0 aromatic heterocycles. The van der Waals surface area contributed by atoms with E-state index in [0.29, 0.717) is 18.0 Å². The molecule has 3 unspecified atom stereocenters. The van der Waals surface area contributed by atoms with Crippen molar-refractivity contribution in [1.82, 2.24) is 0 Å². The van der Waals surface area contributed by atoms with Crippen LogP contribution in [0.1, 0.15) is 38.7 Å². The van der Waals surface area contributed by atoms with Gasteiger partial charge in [0.15, 0.2) is 0 Å². The lowest BCUT2D eigenvalue weighted by atomic mass is 9.94. The molecular weight excluding hydrogens is 374 g/mol. The van der Waals surface area contributed by atoms with Gasteiger partial charge in [0.25, 0.3) is 0 Å². The number of fused-ring (bicyclic) bond motifs is 1. The van der Waals surface area contributed by atoms with Crippen molar-refractivity contribution < 1.29 is 14.6 Å². The number of nitrogens with two attached hydrogens (primary N) is 1. The molecule has 1 saturated carbocycles. The Morgan fingerprint density at radius 1 is 1.13 bits per heavy atom. The molecule has 0 spiro atoms. The van der Waals surface area contributed by atoms with Gasteiger partial charge in [-0.3, -0.25) is 4.79 Å². The SMILES string of the molecule is CC(Cc1cc(N)c(OC2CCCC2C)c(-c2ccc3ccccc3c2)c1)C(=O)O. The van der Waals surface area contributed by atoms with E-state index in [9.17, 15) is 9.90 Å². The highest BCUT2D eigenvalue weighted by molar-refractivity contribution is 5.89. The molecule has 4 heteroatoms. The summed E-state index contributed by atoms with van der Waals surface area (Å²) in [6.45, 7) is 3.95. The van der Waals surface area contributed by atoms with Crippen molar-refractivity contribution in [3.8, 4) is 16.9 Å². The Labute approximate surface area is 177 Å². The van der Waals surface area contributed by atoms with Crippen LogP contribution in [0.25, 0.3) is 21.9 Å². The summed E-state index contributed by atoms with van der Waals surface area (Å²) in [6, 6.07) is 18.5. The number of benzene rings is 3. The van der Waals surface area contributed by atoms with Gasteiger partial charge in [-0.25, -0.2) is 0 Å². The van der Waals surface area contributed by atoms with Crippen LogP contribution in [-0.2, 0) is 11.2 Å². The summed E-state index contributed by atoms with van der Waals surface area (Å²) in [7, 11) is 0. The molecule has 30 heavy (non-hydrogen) atoms. The van der Waals surface area contributed by atoms with E-state index >= 15 is 0 Å². The van der Waals surface area contributed by atoms with Crippen molar-refractivity contribution in [2.75, 3.05) is 5.73 Å². The van der Waals surface area contributed by atoms with Crippen LogP contribution in [0.3, 0.4) is 0 Å². The quantitative estimate of drug-likeness (QED) is 0.501. The smallest absolute Gasteiger partial charge is 0.306 e. The summed E-state index contributed by atoms with van der Waals surface area (Å²) in [4.78, 5) is 11.4. The van der Waals surface area contributed by atoms with Crippen molar-refractivity contribution in [2.24, 2.45) is 11.8 Å². The third kappa shape index (κ3) is 4.13. The molecule has 1 aliphatic carbocycles. The van der Waals surface area contributed by atoms with E-state index in [0.717, 1.165) is 34.2 Å². The van der Waals surface area contributed by atoms with Crippen LogP contribution in [0.2, 0.25) is 0 Å². The standard InChI is InChI=1S/C26H29NO3/c1-16-6-5-9-24(16)30-25-22(13-18(14-23(25)27)12-17(2)26(28)29)21-11-10-19-7-3-4-8-20(19)15-21/h3-4,7-8,10-11,13-17,24H,5-6,9,12,27H2,1-2H3,(H,28,29). The van der Waals surface area contributed by atoms with Crippen LogP contribution in [0.5, 0.6) is 5.75 Å². The van der Waals surface area contributed by atoms with Crippen LogP contribution in [0, 0.1) is 11.8 Å². The lowest BCUT2D eigenvalue weighted by Crippen LogP contribution is -2.20. The van der Waals surface area contributed by atoms with Crippen molar-refractivity contribution in [1.29, 1.82) is 0 Å². The van der Waals surface area contributed by atoms with Gasteiger partial charge in [-0.05, 0) is 71.7 Å². The number of anilines is 1. The monoisotopic (exact) mass is 403 g/mol. The molecule has 3 N–H and O–H groups in total. The Kier molecular flexibility index (Phi) is 5.67. The Balaban J connectivity index is 1.80. The molecular formula is C26H29NO3. The van der Waals surface area contributed by atoms with Gasteiger partial charge >= 0.3 is 5.97 Å². The number of carboxylic acid groups (broad SMARTS) is 1. The predicted octanol–water partition coefficient (Wildman–Crippen LogP) is 5.92. The molecule has 156 valence electrons. The second-order valence-corrected chi connectivity index (χ2v) is 8.63. The van der Waals surface area contributed by atoms with E-state index < -0.39 is 11.9 Å². The van der Waals surface area contributed by atoms with Gasteiger partial charge in [-0.15, -0.1) is 0 Å². The largest absolute Gasteiger partial charge is 0.487 e. The number of nitrogen functional groups attached to an aromatic ring is 1. The topological polar surface area (TPSA) is 72.5 Å². The summed E-state index contributed by atoms with van der Waals surface area (Å²) in [5.41, 5.74) is 9.94. The minimum absolute atomic E-state index is 0.162. The molecule has 3 aromatic carbocycles. The molecule has 0 amide bonds. The van der Waals surface area contributed by atoms with Crippen LogP contribution in [0.15, 0.2) is 54.6 Å². The van der Waals surface area contributed by atoms with Gasteiger partial charge in [-0.1, -0.05) is 50.2 Å². The molecule has 4 rings (SSSR count). The van der Waals surface area contributed by atoms with Crippen LogP contribution >= 0.6 is 0 Å². The van der Waals surface area contributed by atoms with E-state index in [4.69, 9.17) is 10.5 Å². The lowest BCUT2D eigenvalue weighted by Gasteiger charge is -2.23. The minimum atomic E-state index is -0.805. The maximum Gasteiger partial charge on any atom is 0.306 e. The molecule has 0 aliphatic heterocycles. The van der Waals surface area contributed by atoms with E-state index in [-0.39, 0.29) is 6.10 Å². The number of carboxylic acids is 1. The zero-order valence-electron chi connectivity index (χ0n) is 17.6. The third-order valence-corrected chi connectivity index (χ3v) is 6.25. The highest BCUT2D eigenvalue weighted by atomic mass is 16.5. The van der Waals surface area contributed by atoms with Gasteiger partial charge in [0.05, 0.1) is 11.6 Å². The average molecular weight is 404 g/mol. The molecule has 1 aliphatic rings. The Morgan fingerprint density at radius 3 is 2.60 bits per heavy atom. The zero-order chi connectivity index (χ0) is 21.3. The third-order valence-electron chi connectivity index (χ3n) is 6.25. The van der Waals surface area contributed by atoms with Gasteiger partial charge in [0.2, 0.25) is 0 Å². The number of hydrogen-bond acceptors (Lipinski definition) is 3. The first-order chi connectivity index (χ1) is 14.4. The summed E-state index contributed by atoms with van der Waals surface area (Å²) < 4.78 is 6.48. The van der Waals surface area contributed by atoms with Crippen LogP contribution in [-0.4, -0.2) is 17.2 Å². The van der Waals surface area contributed by atoms with Crippen molar-refractivity contribution >= 4 is 22.4 Å². The van der Waals surface area contributed by atoms with Crippen LogP contribution in [0.4, 0.5) is 5.69 Å². The van der Waals surface area contributed by atoms with Gasteiger partial charge in [0.1, 0.15) is 11.9 Å². The van der Waals surface area contributed by atoms with Gasteiger partial charge in [-0.2, -0.15) is 0 Å². The molecule has 3 atom stereocenters. The molecule has 0 saturated heterocycles. The normalized spacial score (nSPS) is 19.7. The number of carbonyl (C=O) groups is 1. The zero-order valence-corrected chi connectivity index (χ0v) is 17.6. The van der Waals surface area contributed by atoms with Crippen LogP contribution < -0.4 is 10.5 Å². The molecule has 0 heterocycles. The Hall–Kier alpha value is -3.01. The van der Waals surface area contributed by atoms with Crippen molar-refractivity contribution in [3.63, 3.8) is 0 Å². The Morgan fingerprint density at radius 2 is 1.90 bits per heavy atom. The Bertz CT molecular complexity index is 1080. The highest BCUT2D eigenvalue weighted by Gasteiger charge is 2.27. The van der Waals surface area contributed by atoms with E-state index in [1.165, 1.54) is 18.2 Å². The second kappa shape index (κ2) is 8.39. The molecule has 4 nitrogen and oxygen atoms in total. The van der Waals surface area contributed by atoms with Gasteiger partial charge in [0, 0.05) is 5.56 Å². The lowest BCUT2D eigenvalue weighted by molar-refractivity contribution is -0.141. The predicted molar refractivity (Wildman–Crippen MR) is 122 cm³/mol. The summed E-state index contributed by atoms with van der Waals surface area (Å²) >= 11 is 0. The van der Waals surface area contributed by atoms with Crippen molar-refractivity contribution in [3.05, 3.63) is 60.2 Å². The number of hydrogen-bond donors (Lipinski definition) is 2. The van der Waals surface area contributed by atoms with E-state index in [2.05, 4.69) is 43.3 Å². The van der Waals surface area contributed by atoms with Crippen molar-refractivity contribution in [2.45, 2.75) is 45.6 Å². The summed E-state index contributed by atoms with van der Waals surface area (Å²) in [5.74, 6) is -0.0623. The fourth-order valence-corrected chi connectivity index (χ4v) is 4.41. The fraction of sp³-hybridized carbons (Fsp3) is 0.346. The summed E-state index contributed by atoms with van der Waals surface area (Å²) in [6.07, 6.45) is 3.97. The second-order valence-electron chi connectivity index (χ2n) is 8.63. The summed E-state index contributed by atoms with van der Waals surface area (Å²) in [5, 5.41) is 11.7. The molecule has 0 bridgehead atoms. The van der Waals surface area contributed by atoms with E-state index in [1.807, 2.05) is 18.2 Å². The first-order valence-electron chi connectivity index (χ1n) is 10.7. The van der Waals surface area contributed by atoms with E-state index in [1.54, 1.807) is 6.92 Å². The maximum atomic E-state index is 11.4. The van der Waals surface area contributed by atoms with Gasteiger partial charge < -0.3 is 15.6 Å². The minimum Gasteiger partial charge on any atom is -0.487 e. The fourth-order valence-electron chi connectivity index (χ4n) is 4.41. The number of aliphatic carboxylic acids is 1. The molecule has 0 radical (unpaired) electrons.